The van der Waals surface area contributed by atoms with Crippen LogP contribution in [-0.2, 0) is 20.7 Å². The standard InChI is InChI=1S/C25H22ClN3O3/c26-17-6-2-4-8-19(17)28-23(30)21-20-9-11-25(32-20)14-29(24(31)22(21)25)12-10-15-13-27-18-7-3-1-5-16(15)18/h1-9,11,13,20-22,27H,10,12,14H2,(H,28,30)/t20-,21+,22+,25+/m1/s1. The molecule has 6 nitrogen and oxygen atoms in total. The number of hydrogen-bond donors (Lipinski definition) is 2. The van der Waals surface area contributed by atoms with Gasteiger partial charge in [0, 0.05) is 23.6 Å². The molecule has 3 aliphatic heterocycles. The summed E-state index contributed by atoms with van der Waals surface area (Å²) in [7, 11) is 0. The van der Waals surface area contributed by atoms with Crippen molar-refractivity contribution in [2.45, 2.75) is 18.1 Å². The van der Waals surface area contributed by atoms with Gasteiger partial charge in [-0.05, 0) is 30.2 Å². The Labute approximate surface area is 190 Å². The van der Waals surface area contributed by atoms with E-state index in [0.717, 1.165) is 11.9 Å². The first-order valence-corrected chi connectivity index (χ1v) is 11.2. The van der Waals surface area contributed by atoms with E-state index in [0.29, 0.717) is 23.8 Å². The van der Waals surface area contributed by atoms with Crippen LogP contribution < -0.4 is 5.32 Å². The number of fused-ring (bicyclic) bond motifs is 2. The highest BCUT2D eigenvalue weighted by molar-refractivity contribution is 6.33. The van der Waals surface area contributed by atoms with Crippen LogP contribution in [0.15, 0.2) is 66.9 Å². The van der Waals surface area contributed by atoms with Crippen LogP contribution in [-0.4, -0.2) is 46.5 Å². The predicted molar refractivity (Wildman–Crippen MR) is 122 cm³/mol. The summed E-state index contributed by atoms with van der Waals surface area (Å²) in [4.78, 5) is 31.7. The number of H-pyrrole nitrogens is 1. The number of aromatic nitrogens is 1. The zero-order chi connectivity index (χ0) is 21.9. The number of nitrogens with zero attached hydrogens (tertiary/aromatic N) is 1. The number of aromatic amines is 1. The van der Waals surface area contributed by atoms with Gasteiger partial charge in [-0.2, -0.15) is 0 Å². The molecule has 0 unspecified atom stereocenters. The van der Waals surface area contributed by atoms with E-state index >= 15 is 0 Å². The fourth-order valence-corrected chi connectivity index (χ4v) is 5.62. The maximum Gasteiger partial charge on any atom is 0.231 e. The first kappa shape index (κ1) is 19.6. The van der Waals surface area contributed by atoms with Gasteiger partial charge in [0.15, 0.2) is 0 Å². The number of nitrogens with one attached hydrogen (secondary N) is 2. The van der Waals surface area contributed by atoms with E-state index in [-0.39, 0.29) is 17.9 Å². The normalized spacial score (nSPS) is 28.0. The van der Waals surface area contributed by atoms with Gasteiger partial charge in [-0.15, -0.1) is 0 Å². The number of likely N-dealkylation sites (tertiary alicyclic amines) is 1. The summed E-state index contributed by atoms with van der Waals surface area (Å²) in [6.45, 7) is 1.06. The fourth-order valence-electron chi connectivity index (χ4n) is 5.44. The second-order valence-electron chi connectivity index (χ2n) is 8.74. The Morgan fingerprint density at radius 1 is 1.22 bits per heavy atom. The largest absolute Gasteiger partial charge is 0.361 e. The highest BCUT2D eigenvalue weighted by Gasteiger charge is 2.66. The second kappa shape index (κ2) is 7.22. The lowest BCUT2D eigenvalue weighted by Crippen LogP contribution is -2.41. The highest BCUT2D eigenvalue weighted by atomic mass is 35.5. The van der Waals surface area contributed by atoms with Crippen molar-refractivity contribution in [3.05, 3.63) is 77.5 Å². The Kier molecular flexibility index (Phi) is 4.42. The molecule has 2 fully saturated rings. The van der Waals surface area contributed by atoms with Gasteiger partial charge < -0.3 is 19.9 Å². The van der Waals surface area contributed by atoms with E-state index in [9.17, 15) is 9.59 Å². The van der Waals surface area contributed by atoms with E-state index < -0.39 is 17.4 Å². The van der Waals surface area contributed by atoms with Gasteiger partial charge in [-0.1, -0.05) is 54.1 Å². The van der Waals surface area contributed by atoms with Crippen molar-refractivity contribution >= 4 is 40.0 Å². The summed E-state index contributed by atoms with van der Waals surface area (Å²) >= 11 is 6.21. The van der Waals surface area contributed by atoms with Gasteiger partial charge in [0.1, 0.15) is 5.60 Å². The van der Waals surface area contributed by atoms with Gasteiger partial charge in [-0.3, -0.25) is 9.59 Å². The molecule has 2 amide bonds. The quantitative estimate of drug-likeness (QED) is 0.584. The number of carbonyl (C=O) groups excluding carboxylic acids is 2. The van der Waals surface area contributed by atoms with E-state index in [1.807, 2.05) is 53.6 Å². The number of ether oxygens (including phenoxy) is 1. The molecule has 3 aromatic rings. The monoisotopic (exact) mass is 447 g/mol. The summed E-state index contributed by atoms with van der Waals surface area (Å²) in [6.07, 6.45) is 6.26. The fraction of sp³-hybridized carbons (Fsp3) is 0.280. The number of para-hydroxylation sites is 2. The lowest BCUT2D eigenvalue weighted by molar-refractivity contribution is -0.135. The number of hydrogen-bond acceptors (Lipinski definition) is 3. The third-order valence-electron chi connectivity index (χ3n) is 6.94. The first-order chi connectivity index (χ1) is 15.6. The zero-order valence-corrected chi connectivity index (χ0v) is 18.0. The lowest BCUT2D eigenvalue weighted by Gasteiger charge is -2.23. The minimum atomic E-state index is -0.718. The molecule has 162 valence electrons. The van der Waals surface area contributed by atoms with E-state index in [1.54, 1.807) is 12.1 Å². The van der Waals surface area contributed by atoms with Crippen LogP contribution >= 0.6 is 11.6 Å². The van der Waals surface area contributed by atoms with Crippen molar-refractivity contribution in [3.63, 3.8) is 0 Å². The van der Waals surface area contributed by atoms with Crippen LogP contribution in [0.1, 0.15) is 5.56 Å². The number of anilines is 1. The Hall–Kier alpha value is -3.09. The number of benzene rings is 2. The van der Waals surface area contributed by atoms with Crippen molar-refractivity contribution in [1.29, 1.82) is 0 Å². The van der Waals surface area contributed by atoms with Crippen molar-refractivity contribution in [1.82, 2.24) is 9.88 Å². The second-order valence-corrected chi connectivity index (χ2v) is 9.15. The van der Waals surface area contributed by atoms with Gasteiger partial charge in [0.25, 0.3) is 0 Å². The minimum Gasteiger partial charge on any atom is -0.361 e. The SMILES string of the molecule is O=C(Nc1ccccc1Cl)[C@@H]1[C@H]2C(=O)N(CCc3c[nH]c4ccccc34)C[C@@]23C=C[C@H]1O3. The van der Waals surface area contributed by atoms with Gasteiger partial charge in [-0.25, -0.2) is 0 Å². The number of rotatable bonds is 5. The molecule has 6 rings (SSSR count). The summed E-state index contributed by atoms with van der Waals surface area (Å²) in [6, 6.07) is 15.2. The number of amides is 2. The summed E-state index contributed by atoms with van der Waals surface area (Å²) in [5, 5.41) is 4.54. The molecule has 2 aromatic carbocycles. The van der Waals surface area contributed by atoms with Gasteiger partial charge >= 0.3 is 0 Å². The molecule has 2 saturated heterocycles. The molecule has 2 N–H and O–H groups in total. The molecule has 1 spiro atoms. The van der Waals surface area contributed by atoms with Crippen molar-refractivity contribution < 1.29 is 14.3 Å². The van der Waals surface area contributed by atoms with Crippen molar-refractivity contribution in [2.75, 3.05) is 18.4 Å². The predicted octanol–water partition coefficient (Wildman–Crippen LogP) is 3.78. The molecule has 3 aliphatic rings. The molecule has 32 heavy (non-hydrogen) atoms. The third-order valence-corrected chi connectivity index (χ3v) is 7.27. The van der Waals surface area contributed by atoms with Crippen LogP contribution in [0.5, 0.6) is 0 Å². The van der Waals surface area contributed by atoms with E-state index in [2.05, 4.69) is 16.4 Å². The third kappa shape index (κ3) is 2.90. The number of halogens is 1. The molecule has 2 bridgehead atoms. The van der Waals surface area contributed by atoms with Crippen LogP contribution in [0, 0.1) is 11.8 Å². The molecule has 4 atom stereocenters. The molecule has 0 radical (unpaired) electrons. The summed E-state index contributed by atoms with van der Waals surface area (Å²) < 4.78 is 6.22. The van der Waals surface area contributed by atoms with Crippen LogP contribution in [0.2, 0.25) is 5.02 Å². The summed E-state index contributed by atoms with van der Waals surface area (Å²) in [5.74, 6) is -1.33. The molecule has 1 aromatic heterocycles. The molecular weight excluding hydrogens is 426 g/mol. The van der Waals surface area contributed by atoms with Crippen molar-refractivity contribution in [3.8, 4) is 0 Å². The van der Waals surface area contributed by atoms with Crippen molar-refractivity contribution in [2.24, 2.45) is 11.8 Å². The number of carbonyl (C=O) groups is 2. The van der Waals surface area contributed by atoms with Crippen LogP contribution in [0.4, 0.5) is 5.69 Å². The highest BCUT2D eigenvalue weighted by Crippen LogP contribution is 2.52. The average molecular weight is 448 g/mol. The average Bonchev–Trinajstić information content (AvgIpc) is 3.54. The smallest absolute Gasteiger partial charge is 0.231 e. The molecular formula is C25H22ClN3O3. The van der Waals surface area contributed by atoms with Crippen LogP contribution in [0.3, 0.4) is 0 Å². The molecule has 0 aliphatic carbocycles. The lowest BCUT2D eigenvalue weighted by atomic mass is 9.77. The Balaban J connectivity index is 1.21. The molecule has 0 saturated carbocycles. The molecule has 4 heterocycles. The summed E-state index contributed by atoms with van der Waals surface area (Å²) in [5.41, 5.74) is 2.09. The minimum absolute atomic E-state index is 0.0176. The maximum atomic E-state index is 13.4. The van der Waals surface area contributed by atoms with Gasteiger partial charge in [0.05, 0.1) is 35.2 Å². The topological polar surface area (TPSA) is 74.4 Å². The Morgan fingerprint density at radius 3 is 2.91 bits per heavy atom. The maximum absolute atomic E-state index is 13.4. The zero-order valence-electron chi connectivity index (χ0n) is 17.3. The van der Waals surface area contributed by atoms with Gasteiger partial charge in [0.2, 0.25) is 11.8 Å². The Morgan fingerprint density at radius 2 is 2.03 bits per heavy atom. The molecule has 7 heteroatoms. The Bertz CT molecular complexity index is 1270. The van der Waals surface area contributed by atoms with Crippen LogP contribution in [0.25, 0.3) is 10.9 Å². The van der Waals surface area contributed by atoms with E-state index in [1.165, 1.54) is 10.9 Å². The van der Waals surface area contributed by atoms with E-state index in [4.69, 9.17) is 16.3 Å². The first-order valence-electron chi connectivity index (χ1n) is 10.8.